The first-order valence-corrected chi connectivity index (χ1v) is 16.2. The minimum atomic E-state index is -0.308. The van der Waals surface area contributed by atoms with Crippen LogP contribution in [0.2, 0.25) is 5.02 Å². The summed E-state index contributed by atoms with van der Waals surface area (Å²) >= 11 is 6.53. The molecule has 0 aliphatic carbocycles. The Balaban J connectivity index is 1.96. The molecule has 9 heteroatoms. The van der Waals surface area contributed by atoms with Gasteiger partial charge >= 0.3 is 5.97 Å². The summed E-state index contributed by atoms with van der Waals surface area (Å²) in [5.41, 5.74) is 10.2. The van der Waals surface area contributed by atoms with Gasteiger partial charge in [-0.3, -0.25) is 9.59 Å². The molecule has 1 heterocycles. The smallest absolute Gasteiger partial charge is 0.306 e. The van der Waals surface area contributed by atoms with Gasteiger partial charge in [0.1, 0.15) is 11.4 Å². The minimum Gasteiger partial charge on any atom is -0.492 e. The summed E-state index contributed by atoms with van der Waals surface area (Å²) < 4.78 is 11.3. The number of hydrogen-bond donors (Lipinski definition) is 2. The van der Waals surface area contributed by atoms with E-state index >= 15 is 0 Å². The normalized spacial score (nSPS) is 12.5. The van der Waals surface area contributed by atoms with Crippen LogP contribution in [0.15, 0.2) is 66.7 Å². The number of pyridine rings is 1. The third-order valence-electron chi connectivity index (χ3n) is 7.30. The van der Waals surface area contributed by atoms with Crippen molar-refractivity contribution in [3.63, 3.8) is 0 Å². The third-order valence-corrected chi connectivity index (χ3v) is 7.61. The van der Waals surface area contributed by atoms with Crippen molar-refractivity contribution in [1.29, 1.82) is 0 Å². The minimum absolute atomic E-state index is 0.147. The maximum absolute atomic E-state index is 13.7. The third kappa shape index (κ3) is 11.0. The zero-order chi connectivity index (χ0) is 33.9. The zero-order valence-corrected chi connectivity index (χ0v) is 29.0. The van der Waals surface area contributed by atoms with E-state index in [0.29, 0.717) is 36.0 Å². The van der Waals surface area contributed by atoms with E-state index in [0.717, 1.165) is 35.2 Å². The summed E-state index contributed by atoms with van der Waals surface area (Å²) in [5.74, 6) is 0.00835. The molecule has 0 saturated carbocycles. The predicted octanol–water partition coefficient (Wildman–Crippen LogP) is 7.29. The Hall–Kier alpha value is -3.72. The number of nitrogens with zero attached hydrogens (tertiary/aromatic N) is 2. The van der Waals surface area contributed by atoms with E-state index in [-0.39, 0.29) is 41.6 Å². The zero-order valence-electron chi connectivity index (χ0n) is 28.2. The fraction of sp³-hybridized carbons (Fsp3) is 0.432. The van der Waals surface area contributed by atoms with Crippen LogP contribution in [0, 0.1) is 5.41 Å². The van der Waals surface area contributed by atoms with Crippen molar-refractivity contribution in [2.75, 3.05) is 27.2 Å². The number of rotatable bonds is 15. The van der Waals surface area contributed by atoms with E-state index < -0.39 is 0 Å². The number of allylic oxidation sites excluding steroid dienone is 1. The lowest BCUT2D eigenvalue weighted by atomic mass is 9.86. The van der Waals surface area contributed by atoms with E-state index in [4.69, 9.17) is 31.8 Å². The predicted molar refractivity (Wildman–Crippen MR) is 187 cm³/mol. The fourth-order valence-electron chi connectivity index (χ4n) is 4.83. The molecular weight excluding hydrogens is 600 g/mol. The maximum Gasteiger partial charge on any atom is 0.306 e. The van der Waals surface area contributed by atoms with Crippen molar-refractivity contribution in [3.05, 3.63) is 83.0 Å². The van der Waals surface area contributed by atoms with Gasteiger partial charge in [-0.2, -0.15) is 0 Å². The number of esters is 1. The largest absolute Gasteiger partial charge is 0.492 e. The fourth-order valence-corrected chi connectivity index (χ4v) is 5.00. The number of hydrogen-bond acceptors (Lipinski definition) is 7. The van der Waals surface area contributed by atoms with Crippen LogP contribution in [-0.4, -0.2) is 61.2 Å². The van der Waals surface area contributed by atoms with Crippen LogP contribution in [0.5, 0.6) is 5.75 Å². The van der Waals surface area contributed by atoms with Crippen molar-refractivity contribution in [2.45, 2.75) is 72.6 Å². The number of carbonyl (C=O) groups is 2. The summed E-state index contributed by atoms with van der Waals surface area (Å²) in [6, 6.07) is 16.8. The molecule has 3 aromatic rings. The summed E-state index contributed by atoms with van der Waals surface area (Å²) in [6.07, 6.45) is 5.34. The monoisotopic (exact) mass is 648 g/mol. The van der Waals surface area contributed by atoms with E-state index in [1.54, 1.807) is 12.1 Å². The number of carbonyl (C=O) groups excluding carboxylic acids is 2. The van der Waals surface area contributed by atoms with Crippen molar-refractivity contribution in [2.24, 2.45) is 11.1 Å². The number of nitrogens with one attached hydrogen (secondary N) is 1. The number of halogens is 1. The molecule has 2 aromatic carbocycles. The molecule has 8 nitrogen and oxygen atoms in total. The summed E-state index contributed by atoms with van der Waals surface area (Å²) in [6.45, 7) is 11.6. The van der Waals surface area contributed by atoms with Gasteiger partial charge in [0.15, 0.2) is 0 Å². The molecule has 1 aromatic heterocycles. The average molecular weight is 649 g/mol. The highest BCUT2D eigenvalue weighted by Gasteiger charge is 2.26. The van der Waals surface area contributed by atoms with Crippen molar-refractivity contribution in [1.82, 2.24) is 15.2 Å². The van der Waals surface area contributed by atoms with E-state index in [1.807, 2.05) is 82.6 Å². The highest BCUT2D eigenvalue weighted by Crippen LogP contribution is 2.37. The average Bonchev–Trinajstić information content (AvgIpc) is 3.00. The van der Waals surface area contributed by atoms with Gasteiger partial charge in [-0.25, -0.2) is 4.98 Å². The molecule has 0 spiro atoms. The first kappa shape index (κ1) is 36.7. The molecule has 0 radical (unpaired) electrons. The van der Waals surface area contributed by atoms with Gasteiger partial charge in [0.05, 0.1) is 29.5 Å². The van der Waals surface area contributed by atoms with E-state index in [1.165, 1.54) is 0 Å². The second-order valence-corrected chi connectivity index (χ2v) is 13.3. The molecule has 248 valence electrons. The topological polar surface area (TPSA) is 107 Å². The Morgan fingerprint density at radius 1 is 1.07 bits per heavy atom. The highest BCUT2D eigenvalue weighted by atomic mass is 35.5. The van der Waals surface area contributed by atoms with Crippen LogP contribution >= 0.6 is 11.6 Å². The first-order valence-electron chi connectivity index (χ1n) is 15.8. The summed E-state index contributed by atoms with van der Waals surface area (Å²) in [4.78, 5) is 32.7. The van der Waals surface area contributed by atoms with Crippen molar-refractivity contribution >= 4 is 23.5 Å². The summed E-state index contributed by atoms with van der Waals surface area (Å²) in [7, 11) is 4.05. The second-order valence-electron chi connectivity index (χ2n) is 12.9. The van der Waals surface area contributed by atoms with Crippen LogP contribution in [0.4, 0.5) is 0 Å². The van der Waals surface area contributed by atoms with Gasteiger partial charge in [-0.1, -0.05) is 74.9 Å². The Morgan fingerprint density at radius 2 is 1.80 bits per heavy atom. The lowest BCUT2D eigenvalue weighted by molar-refractivity contribution is -0.147. The molecule has 1 amide bonds. The van der Waals surface area contributed by atoms with Crippen LogP contribution in [-0.2, 0) is 16.1 Å². The molecule has 3 N–H and O–H groups in total. The Bertz CT molecular complexity index is 1500. The number of amides is 1. The SMILES string of the molecule is CC(C)OC(=O)CCC=CC(NC(=O)c1ccc(-c2ccccc2CN)c(-c2ccc(Cl)c(OCCCN(C)C)c2)n1)C(C)(C)C. The van der Waals surface area contributed by atoms with Crippen LogP contribution < -0.4 is 15.8 Å². The van der Waals surface area contributed by atoms with Gasteiger partial charge in [-0.05, 0) is 81.6 Å². The van der Waals surface area contributed by atoms with Gasteiger partial charge in [-0.15, -0.1) is 0 Å². The molecule has 0 aliphatic rings. The van der Waals surface area contributed by atoms with E-state index in [9.17, 15) is 9.59 Å². The van der Waals surface area contributed by atoms with Crippen molar-refractivity contribution < 1.29 is 19.1 Å². The van der Waals surface area contributed by atoms with Gasteiger partial charge in [0.2, 0.25) is 0 Å². The Morgan fingerprint density at radius 3 is 2.48 bits per heavy atom. The molecule has 46 heavy (non-hydrogen) atoms. The standard InChI is InChI=1S/C37H49ClN4O4/c1-25(2)46-34(43)16-11-10-15-33(37(3,4)5)41-36(44)31-20-18-29(28-14-9-8-13-27(28)24-39)35(40-31)26-17-19-30(38)32(23-26)45-22-12-21-42(6)7/h8-10,13-15,17-20,23,25,33H,11-12,16,21-22,24,39H2,1-7H3,(H,41,44). The van der Waals surface area contributed by atoms with Crippen LogP contribution in [0.3, 0.4) is 0 Å². The number of aromatic nitrogens is 1. The molecule has 3 rings (SSSR count). The van der Waals surface area contributed by atoms with E-state index in [2.05, 4.69) is 31.0 Å². The lowest BCUT2D eigenvalue weighted by Crippen LogP contribution is -2.42. The molecular formula is C37H49ClN4O4. The Kier molecular flexibility index (Phi) is 13.8. The van der Waals surface area contributed by atoms with Crippen LogP contribution in [0.1, 0.15) is 69.9 Å². The van der Waals surface area contributed by atoms with Gasteiger partial charge in [0, 0.05) is 30.6 Å². The lowest BCUT2D eigenvalue weighted by Gasteiger charge is -2.29. The highest BCUT2D eigenvalue weighted by molar-refractivity contribution is 6.32. The maximum atomic E-state index is 13.7. The number of benzene rings is 2. The summed E-state index contributed by atoms with van der Waals surface area (Å²) in [5, 5.41) is 3.65. The molecule has 0 aliphatic heterocycles. The first-order chi connectivity index (χ1) is 21.8. The quantitative estimate of drug-likeness (QED) is 0.101. The van der Waals surface area contributed by atoms with Crippen LogP contribution in [0.25, 0.3) is 22.4 Å². The molecule has 0 fully saturated rings. The molecule has 1 unspecified atom stereocenters. The Labute approximate surface area is 279 Å². The number of nitrogens with two attached hydrogens (primary N) is 1. The molecule has 0 saturated heterocycles. The molecule has 1 atom stereocenters. The molecule has 0 bridgehead atoms. The number of ether oxygens (including phenoxy) is 2. The van der Waals surface area contributed by atoms with Gasteiger partial charge < -0.3 is 25.4 Å². The van der Waals surface area contributed by atoms with Crippen molar-refractivity contribution in [3.8, 4) is 28.1 Å². The second kappa shape index (κ2) is 17.3. The van der Waals surface area contributed by atoms with Gasteiger partial charge in [0.25, 0.3) is 5.91 Å².